The molecule has 1 aromatic rings. The predicted molar refractivity (Wildman–Crippen MR) is 57.9 cm³/mol. The van der Waals surface area contributed by atoms with Gasteiger partial charge in [-0.3, -0.25) is 9.48 Å². The van der Waals surface area contributed by atoms with Crippen LogP contribution in [0.2, 0.25) is 0 Å². The molecule has 1 rings (SSSR count). The van der Waals surface area contributed by atoms with E-state index >= 15 is 0 Å². The summed E-state index contributed by atoms with van der Waals surface area (Å²) < 4.78 is 6.13. The number of methoxy groups -OCH3 is 1. The molecule has 1 heterocycles. The minimum absolute atomic E-state index is 0.216. The lowest BCUT2D eigenvalue weighted by Crippen LogP contribution is -2.28. The van der Waals surface area contributed by atoms with Crippen LogP contribution in [0.4, 0.5) is 0 Å². The lowest BCUT2D eigenvalue weighted by Gasteiger charge is -2.01. The topological polar surface area (TPSA) is 84.6 Å². The maximum absolute atomic E-state index is 10.8. The van der Waals surface area contributed by atoms with Crippen molar-refractivity contribution in [1.29, 1.82) is 0 Å². The standard InChI is InChI=1S/C9H15BN2O4/c1-16-9(13)4-2-3-5-12-7-8(6-11-12)10(14)15/h6-7,14-15H,2-5H2,1H3. The Morgan fingerprint density at radius 3 is 2.88 bits per heavy atom. The summed E-state index contributed by atoms with van der Waals surface area (Å²) in [5.74, 6) is -0.216. The largest absolute Gasteiger partial charge is 0.491 e. The first-order valence-corrected chi connectivity index (χ1v) is 5.09. The van der Waals surface area contributed by atoms with E-state index in [1.54, 1.807) is 10.9 Å². The second-order valence-electron chi connectivity index (χ2n) is 3.44. The van der Waals surface area contributed by atoms with E-state index in [1.165, 1.54) is 13.3 Å². The van der Waals surface area contributed by atoms with Gasteiger partial charge in [0.05, 0.1) is 7.11 Å². The highest BCUT2D eigenvalue weighted by Crippen LogP contribution is 1.99. The van der Waals surface area contributed by atoms with Crippen molar-refractivity contribution in [1.82, 2.24) is 9.78 Å². The molecule has 0 unspecified atom stereocenters. The molecule has 88 valence electrons. The Morgan fingerprint density at radius 1 is 1.56 bits per heavy atom. The fourth-order valence-corrected chi connectivity index (χ4v) is 1.28. The van der Waals surface area contributed by atoms with Crippen LogP contribution in [0.15, 0.2) is 12.4 Å². The van der Waals surface area contributed by atoms with Crippen LogP contribution in [0, 0.1) is 0 Å². The van der Waals surface area contributed by atoms with E-state index in [0.29, 0.717) is 18.4 Å². The monoisotopic (exact) mass is 226 g/mol. The molecule has 0 aliphatic carbocycles. The predicted octanol–water partition coefficient (Wildman–Crippen LogP) is -1.09. The van der Waals surface area contributed by atoms with Crippen molar-refractivity contribution in [2.45, 2.75) is 25.8 Å². The molecule has 0 spiro atoms. The fourth-order valence-electron chi connectivity index (χ4n) is 1.28. The summed E-state index contributed by atoms with van der Waals surface area (Å²) >= 11 is 0. The maximum Gasteiger partial charge on any atom is 0.491 e. The minimum Gasteiger partial charge on any atom is -0.469 e. The molecule has 0 saturated carbocycles. The van der Waals surface area contributed by atoms with Crippen LogP contribution in [0.25, 0.3) is 0 Å². The van der Waals surface area contributed by atoms with E-state index in [9.17, 15) is 4.79 Å². The number of aromatic nitrogens is 2. The number of unbranched alkanes of at least 4 members (excludes halogenated alkanes) is 1. The van der Waals surface area contributed by atoms with Crippen molar-refractivity contribution in [3.8, 4) is 0 Å². The van der Waals surface area contributed by atoms with E-state index in [4.69, 9.17) is 10.0 Å². The first-order chi connectivity index (χ1) is 7.63. The van der Waals surface area contributed by atoms with Crippen molar-refractivity contribution >= 4 is 18.6 Å². The number of carbonyl (C=O) groups excluding carboxylic acids is 1. The van der Waals surface area contributed by atoms with Crippen LogP contribution in [0.3, 0.4) is 0 Å². The van der Waals surface area contributed by atoms with Crippen molar-refractivity contribution < 1.29 is 19.6 Å². The zero-order valence-electron chi connectivity index (χ0n) is 9.17. The van der Waals surface area contributed by atoms with Crippen LogP contribution in [0.1, 0.15) is 19.3 Å². The van der Waals surface area contributed by atoms with E-state index < -0.39 is 7.12 Å². The molecule has 0 aliphatic rings. The van der Waals surface area contributed by atoms with Gasteiger partial charge in [0.25, 0.3) is 0 Å². The SMILES string of the molecule is COC(=O)CCCCn1cc(B(O)O)cn1. The molecular weight excluding hydrogens is 211 g/mol. The summed E-state index contributed by atoms with van der Waals surface area (Å²) in [4.78, 5) is 10.8. The third-order valence-electron chi connectivity index (χ3n) is 2.20. The van der Waals surface area contributed by atoms with Gasteiger partial charge in [-0.25, -0.2) is 0 Å². The van der Waals surface area contributed by atoms with Gasteiger partial charge in [0, 0.05) is 30.8 Å². The van der Waals surface area contributed by atoms with Gasteiger partial charge in [0.2, 0.25) is 0 Å². The molecule has 0 amide bonds. The third-order valence-corrected chi connectivity index (χ3v) is 2.20. The number of ether oxygens (including phenoxy) is 1. The van der Waals surface area contributed by atoms with E-state index in [2.05, 4.69) is 9.84 Å². The lowest BCUT2D eigenvalue weighted by atomic mass is 9.83. The Kier molecular flexibility index (Phi) is 5.01. The zero-order valence-corrected chi connectivity index (χ0v) is 9.17. The molecule has 7 heteroatoms. The Labute approximate surface area is 94.0 Å². The van der Waals surface area contributed by atoms with Crippen molar-refractivity contribution in [2.75, 3.05) is 7.11 Å². The average Bonchev–Trinajstić information content (AvgIpc) is 2.72. The van der Waals surface area contributed by atoms with Gasteiger partial charge in [-0.05, 0) is 12.8 Å². The van der Waals surface area contributed by atoms with E-state index in [-0.39, 0.29) is 5.97 Å². The number of carbonyl (C=O) groups is 1. The second-order valence-corrected chi connectivity index (χ2v) is 3.44. The van der Waals surface area contributed by atoms with Crippen LogP contribution in [-0.2, 0) is 16.1 Å². The molecular formula is C9H15BN2O4. The normalized spacial score (nSPS) is 10.2. The van der Waals surface area contributed by atoms with Gasteiger partial charge in [0.1, 0.15) is 0 Å². The maximum atomic E-state index is 10.8. The average molecular weight is 226 g/mol. The lowest BCUT2D eigenvalue weighted by molar-refractivity contribution is -0.140. The van der Waals surface area contributed by atoms with Crippen LogP contribution < -0.4 is 5.46 Å². The number of aryl methyl sites for hydroxylation is 1. The van der Waals surface area contributed by atoms with Gasteiger partial charge < -0.3 is 14.8 Å². The molecule has 0 aliphatic heterocycles. The Balaban J connectivity index is 2.24. The minimum atomic E-state index is -1.48. The number of hydrogen-bond acceptors (Lipinski definition) is 5. The number of esters is 1. The molecule has 0 aromatic carbocycles. The fraction of sp³-hybridized carbons (Fsp3) is 0.556. The highest BCUT2D eigenvalue weighted by atomic mass is 16.5. The van der Waals surface area contributed by atoms with Crippen molar-refractivity contribution in [2.24, 2.45) is 0 Å². The Bertz CT molecular complexity index is 340. The summed E-state index contributed by atoms with van der Waals surface area (Å²) in [6.45, 7) is 0.643. The Hall–Kier alpha value is -1.34. The highest BCUT2D eigenvalue weighted by Gasteiger charge is 2.12. The van der Waals surface area contributed by atoms with Crippen molar-refractivity contribution in [3.63, 3.8) is 0 Å². The first kappa shape index (κ1) is 12.7. The smallest absolute Gasteiger partial charge is 0.469 e. The second kappa shape index (κ2) is 6.29. The summed E-state index contributed by atoms with van der Waals surface area (Å²) in [6.07, 6.45) is 4.89. The van der Waals surface area contributed by atoms with E-state index in [1.807, 2.05) is 0 Å². The molecule has 0 bridgehead atoms. The van der Waals surface area contributed by atoms with Gasteiger partial charge in [-0.1, -0.05) is 0 Å². The molecule has 2 N–H and O–H groups in total. The molecule has 0 saturated heterocycles. The summed E-state index contributed by atoms with van der Waals surface area (Å²) in [5.41, 5.74) is 0.368. The third kappa shape index (κ3) is 4.04. The van der Waals surface area contributed by atoms with Crippen LogP contribution in [-0.4, -0.2) is 40.0 Å². The molecule has 0 radical (unpaired) electrons. The summed E-state index contributed by atoms with van der Waals surface area (Å²) in [7, 11) is -0.117. The molecule has 0 atom stereocenters. The summed E-state index contributed by atoms with van der Waals surface area (Å²) in [6, 6.07) is 0. The first-order valence-electron chi connectivity index (χ1n) is 5.09. The number of nitrogens with zero attached hydrogens (tertiary/aromatic N) is 2. The van der Waals surface area contributed by atoms with Crippen LogP contribution in [0.5, 0.6) is 0 Å². The van der Waals surface area contributed by atoms with E-state index in [0.717, 1.165) is 12.8 Å². The number of rotatable bonds is 6. The molecule has 1 aromatic heterocycles. The van der Waals surface area contributed by atoms with Crippen LogP contribution >= 0.6 is 0 Å². The molecule has 0 fully saturated rings. The highest BCUT2D eigenvalue weighted by molar-refractivity contribution is 6.58. The quantitative estimate of drug-likeness (QED) is 0.365. The Morgan fingerprint density at radius 2 is 2.31 bits per heavy atom. The van der Waals surface area contributed by atoms with Gasteiger partial charge in [-0.2, -0.15) is 5.10 Å². The number of hydrogen-bond donors (Lipinski definition) is 2. The van der Waals surface area contributed by atoms with Gasteiger partial charge in [-0.15, -0.1) is 0 Å². The molecule has 6 nitrogen and oxygen atoms in total. The zero-order chi connectivity index (χ0) is 12.0. The summed E-state index contributed by atoms with van der Waals surface area (Å²) in [5, 5.41) is 21.7. The van der Waals surface area contributed by atoms with Gasteiger partial charge >= 0.3 is 13.1 Å². The van der Waals surface area contributed by atoms with Crippen molar-refractivity contribution in [3.05, 3.63) is 12.4 Å². The van der Waals surface area contributed by atoms with Gasteiger partial charge in [0.15, 0.2) is 0 Å². The molecule has 16 heavy (non-hydrogen) atoms.